The Bertz CT molecular complexity index is 296. The molecule has 0 aliphatic carbocycles. The molecule has 2 amide bonds. The Morgan fingerprint density at radius 2 is 1.84 bits per heavy atom. The van der Waals surface area contributed by atoms with Gasteiger partial charge in [0, 0.05) is 17.1 Å². The summed E-state index contributed by atoms with van der Waals surface area (Å²) in [6, 6.07) is -0.190. The van der Waals surface area contributed by atoms with E-state index in [0.717, 1.165) is 19.3 Å². The van der Waals surface area contributed by atoms with Crippen molar-refractivity contribution in [3.63, 3.8) is 0 Å². The van der Waals surface area contributed by atoms with Crippen molar-refractivity contribution in [2.75, 3.05) is 6.61 Å². The number of nitrogens with one attached hydrogen (secondary N) is 3. The van der Waals surface area contributed by atoms with Gasteiger partial charge in [-0.05, 0) is 47.0 Å². The summed E-state index contributed by atoms with van der Waals surface area (Å²) in [6.07, 6.45) is 2.53. The van der Waals surface area contributed by atoms with E-state index in [9.17, 15) is 4.79 Å². The van der Waals surface area contributed by atoms with Gasteiger partial charge in [0.25, 0.3) is 0 Å². The summed E-state index contributed by atoms with van der Waals surface area (Å²) in [5.74, 6) is 0. The number of urea groups is 1. The maximum atomic E-state index is 11.9. The topological polar surface area (TPSA) is 73.4 Å². The molecular weight excluding hydrogens is 242 g/mol. The molecule has 1 atom stereocenters. The highest BCUT2D eigenvalue weighted by Crippen LogP contribution is 2.28. The lowest BCUT2D eigenvalue weighted by atomic mass is 9.80. The zero-order chi connectivity index (χ0) is 14.7. The molecular formula is C14H29N3O2. The number of hydrogen-bond donors (Lipinski definition) is 4. The van der Waals surface area contributed by atoms with Gasteiger partial charge >= 0.3 is 6.03 Å². The number of hydrogen-bond acceptors (Lipinski definition) is 3. The molecule has 0 saturated carbocycles. The predicted molar refractivity (Wildman–Crippen MR) is 77.1 cm³/mol. The number of aliphatic hydroxyl groups is 1. The zero-order valence-corrected chi connectivity index (χ0v) is 12.8. The second-order valence-corrected chi connectivity index (χ2v) is 6.90. The molecule has 0 aromatic carbocycles. The van der Waals surface area contributed by atoms with Crippen LogP contribution in [0.5, 0.6) is 0 Å². The van der Waals surface area contributed by atoms with E-state index in [1.165, 1.54) is 0 Å². The average Bonchev–Trinajstić information content (AvgIpc) is 2.21. The molecule has 1 aliphatic heterocycles. The standard InChI is InChI=1S/C14H29N3O2/c1-6-10(9-18)15-12(19)16-11-7-13(2,3)17-14(4,5)8-11/h10-11,17-18H,6-9H2,1-5H3,(H2,15,16,19). The molecule has 5 heteroatoms. The maximum absolute atomic E-state index is 11.9. The molecule has 0 aromatic heterocycles. The number of carbonyl (C=O) groups excluding carboxylic acids is 1. The SMILES string of the molecule is CCC(CO)NC(=O)NC1CC(C)(C)NC(C)(C)C1. The fourth-order valence-corrected chi connectivity index (χ4v) is 3.11. The number of aliphatic hydroxyl groups excluding tert-OH is 1. The number of piperidine rings is 1. The highest BCUT2D eigenvalue weighted by atomic mass is 16.3. The van der Waals surface area contributed by atoms with Gasteiger partial charge in [-0.1, -0.05) is 6.92 Å². The quantitative estimate of drug-likeness (QED) is 0.624. The fourth-order valence-electron chi connectivity index (χ4n) is 3.11. The Morgan fingerprint density at radius 1 is 1.32 bits per heavy atom. The summed E-state index contributed by atoms with van der Waals surface area (Å²) < 4.78 is 0. The third-order valence-corrected chi connectivity index (χ3v) is 3.57. The van der Waals surface area contributed by atoms with Crippen LogP contribution >= 0.6 is 0 Å². The smallest absolute Gasteiger partial charge is 0.315 e. The van der Waals surface area contributed by atoms with Gasteiger partial charge in [-0.2, -0.15) is 0 Å². The number of carbonyl (C=O) groups is 1. The second-order valence-electron chi connectivity index (χ2n) is 6.90. The highest BCUT2D eigenvalue weighted by molar-refractivity contribution is 5.74. The lowest BCUT2D eigenvalue weighted by molar-refractivity contribution is 0.145. The Balaban J connectivity index is 2.54. The van der Waals surface area contributed by atoms with Crippen LogP contribution in [-0.2, 0) is 0 Å². The minimum atomic E-state index is -0.181. The Morgan fingerprint density at radius 3 is 2.26 bits per heavy atom. The van der Waals surface area contributed by atoms with E-state index in [4.69, 9.17) is 5.11 Å². The molecule has 4 N–H and O–H groups in total. The molecule has 5 nitrogen and oxygen atoms in total. The summed E-state index contributed by atoms with van der Waals surface area (Å²) in [4.78, 5) is 11.9. The summed E-state index contributed by atoms with van der Waals surface area (Å²) in [7, 11) is 0. The Labute approximate surface area is 116 Å². The molecule has 1 rings (SSSR count). The normalized spacial score (nSPS) is 23.7. The first-order chi connectivity index (χ1) is 8.67. The van der Waals surface area contributed by atoms with Crippen LogP contribution in [0.25, 0.3) is 0 Å². The van der Waals surface area contributed by atoms with E-state index in [1.807, 2.05) is 6.92 Å². The van der Waals surface area contributed by atoms with Gasteiger partial charge in [-0.25, -0.2) is 4.79 Å². The molecule has 1 fully saturated rings. The van der Waals surface area contributed by atoms with Crippen molar-refractivity contribution >= 4 is 6.03 Å². The summed E-state index contributed by atoms with van der Waals surface area (Å²) in [5.41, 5.74) is 0.0294. The van der Waals surface area contributed by atoms with Gasteiger partial charge < -0.3 is 21.1 Å². The largest absolute Gasteiger partial charge is 0.394 e. The third-order valence-electron chi connectivity index (χ3n) is 3.57. The minimum Gasteiger partial charge on any atom is -0.394 e. The van der Waals surface area contributed by atoms with Gasteiger partial charge in [-0.15, -0.1) is 0 Å². The van der Waals surface area contributed by atoms with Crippen LogP contribution in [0.1, 0.15) is 53.9 Å². The van der Waals surface area contributed by atoms with Crippen molar-refractivity contribution in [2.24, 2.45) is 0 Å². The summed E-state index contributed by atoms with van der Waals surface area (Å²) >= 11 is 0. The van der Waals surface area contributed by atoms with Crippen LogP contribution in [0.2, 0.25) is 0 Å². The highest BCUT2D eigenvalue weighted by Gasteiger charge is 2.38. The van der Waals surface area contributed by atoms with Crippen LogP contribution in [0.15, 0.2) is 0 Å². The monoisotopic (exact) mass is 271 g/mol. The first-order valence-electron chi connectivity index (χ1n) is 7.14. The van der Waals surface area contributed by atoms with Crippen LogP contribution in [0.3, 0.4) is 0 Å². The van der Waals surface area contributed by atoms with Crippen molar-refractivity contribution in [3.05, 3.63) is 0 Å². The first kappa shape index (κ1) is 16.2. The molecule has 0 bridgehead atoms. The van der Waals surface area contributed by atoms with Crippen LogP contribution in [-0.4, -0.2) is 40.9 Å². The molecule has 0 aromatic rings. The van der Waals surface area contributed by atoms with E-state index in [2.05, 4.69) is 43.6 Å². The molecule has 0 spiro atoms. The molecule has 0 radical (unpaired) electrons. The van der Waals surface area contributed by atoms with Crippen LogP contribution in [0.4, 0.5) is 4.79 Å². The molecule has 1 unspecified atom stereocenters. The summed E-state index contributed by atoms with van der Waals surface area (Å²) in [5, 5.41) is 18.5. The maximum Gasteiger partial charge on any atom is 0.315 e. The Hall–Kier alpha value is -0.810. The molecule has 19 heavy (non-hydrogen) atoms. The van der Waals surface area contributed by atoms with Crippen molar-refractivity contribution in [1.29, 1.82) is 0 Å². The zero-order valence-electron chi connectivity index (χ0n) is 12.8. The van der Waals surface area contributed by atoms with E-state index < -0.39 is 0 Å². The molecule has 112 valence electrons. The van der Waals surface area contributed by atoms with Gasteiger partial charge in [0.2, 0.25) is 0 Å². The first-order valence-corrected chi connectivity index (χ1v) is 7.14. The van der Waals surface area contributed by atoms with E-state index in [1.54, 1.807) is 0 Å². The predicted octanol–water partition coefficient (Wildman–Crippen LogP) is 1.37. The molecule has 1 aliphatic rings. The number of amides is 2. The van der Waals surface area contributed by atoms with Crippen molar-refractivity contribution in [2.45, 2.75) is 77.0 Å². The van der Waals surface area contributed by atoms with Crippen molar-refractivity contribution in [3.8, 4) is 0 Å². The van der Waals surface area contributed by atoms with Gasteiger partial charge in [0.1, 0.15) is 0 Å². The lowest BCUT2D eigenvalue weighted by Gasteiger charge is -2.46. The van der Waals surface area contributed by atoms with E-state index in [-0.39, 0.29) is 35.8 Å². The van der Waals surface area contributed by atoms with Gasteiger partial charge in [0.15, 0.2) is 0 Å². The Kier molecular flexibility index (Phi) is 5.21. The molecule has 1 heterocycles. The van der Waals surface area contributed by atoms with Crippen LogP contribution < -0.4 is 16.0 Å². The number of rotatable bonds is 4. The fraction of sp³-hybridized carbons (Fsp3) is 0.929. The van der Waals surface area contributed by atoms with Crippen molar-refractivity contribution < 1.29 is 9.90 Å². The molecule has 1 saturated heterocycles. The van der Waals surface area contributed by atoms with Gasteiger partial charge in [-0.3, -0.25) is 0 Å². The summed E-state index contributed by atoms with van der Waals surface area (Å²) in [6.45, 7) is 10.5. The van der Waals surface area contributed by atoms with Crippen LogP contribution in [0, 0.1) is 0 Å². The van der Waals surface area contributed by atoms with Gasteiger partial charge in [0.05, 0.1) is 12.6 Å². The van der Waals surface area contributed by atoms with E-state index >= 15 is 0 Å². The lowest BCUT2D eigenvalue weighted by Crippen LogP contribution is -2.63. The average molecular weight is 271 g/mol. The minimum absolute atomic E-state index is 0.0147. The third kappa shape index (κ3) is 5.37. The van der Waals surface area contributed by atoms with E-state index in [0.29, 0.717) is 0 Å². The van der Waals surface area contributed by atoms with Crippen molar-refractivity contribution in [1.82, 2.24) is 16.0 Å². The second kappa shape index (κ2) is 6.09.